The number of hydrogen-bond acceptors (Lipinski definition) is 3. The zero-order valence-corrected chi connectivity index (χ0v) is 7.95. The molecule has 1 saturated heterocycles. The van der Waals surface area contributed by atoms with Gasteiger partial charge in [-0.25, -0.2) is 0 Å². The third-order valence-corrected chi connectivity index (χ3v) is 2.18. The molecule has 68 valence electrons. The Hall–Kier alpha value is -0.590. The van der Waals surface area contributed by atoms with Crippen LogP contribution in [0.25, 0.3) is 0 Å². The van der Waals surface area contributed by atoms with Crippen LogP contribution in [0.4, 0.5) is 0 Å². The smallest absolute Gasteiger partial charge is 0.0951 e. The van der Waals surface area contributed by atoms with Gasteiger partial charge in [-0.2, -0.15) is 5.26 Å². The van der Waals surface area contributed by atoms with E-state index in [2.05, 4.69) is 11.0 Å². The van der Waals surface area contributed by atoms with Crippen molar-refractivity contribution in [2.75, 3.05) is 13.1 Å². The topological polar surface area (TPSA) is 36.3 Å². The van der Waals surface area contributed by atoms with Gasteiger partial charge < -0.3 is 4.74 Å². The third kappa shape index (κ3) is 2.20. The highest BCUT2D eigenvalue weighted by Crippen LogP contribution is 2.12. The fourth-order valence-electron chi connectivity index (χ4n) is 1.62. The Bertz CT molecular complexity index is 177. The van der Waals surface area contributed by atoms with Crippen LogP contribution >= 0.6 is 0 Å². The predicted octanol–water partition coefficient (Wildman–Crippen LogP) is 1.01. The van der Waals surface area contributed by atoms with Crippen LogP contribution in [0.5, 0.6) is 0 Å². The van der Waals surface area contributed by atoms with Crippen molar-refractivity contribution in [2.24, 2.45) is 0 Å². The number of rotatable bonds is 1. The molecule has 0 aromatic heterocycles. The first-order valence-electron chi connectivity index (χ1n) is 4.42. The van der Waals surface area contributed by atoms with Gasteiger partial charge in [-0.05, 0) is 20.8 Å². The van der Waals surface area contributed by atoms with Gasteiger partial charge in [0.2, 0.25) is 0 Å². The summed E-state index contributed by atoms with van der Waals surface area (Å²) >= 11 is 0. The van der Waals surface area contributed by atoms with Crippen molar-refractivity contribution in [3.05, 3.63) is 0 Å². The minimum Gasteiger partial charge on any atom is -0.373 e. The number of ether oxygens (including phenoxy) is 1. The van der Waals surface area contributed by atoms with Crippen LogP contribution in [0.1, 0.15) is 20.8 Å². The molecule has 0 amide bonds. The Balaban J connectivity index is 2.50. The molecule has 0 aromatic carbocycles. The molecule has 0 spiro atoms. The van der Waals surface area contributed by atoms with Gasteiger partial charge in [-0.1, -0.05) is 0 Å². The second-order valence-corrected chi connectivity index (χ2v) is 3.52. The van der Waals surface area contributed by atoms with Crippen LogP contribution in [0.2, 0.25) is 0 Å². The first-order valence-corrected chi connectivity index (χ1v) is 4.42. The quantitative estimate of drug-likeness (QED) is 0.586. The maximum Gasteiger partial charge on any atom is 0.0951 e. The lowest BCUT2D eigenvalue weighted by atomic mass is 10.2. The summed E-state index contributed by atoms with van der Waals surface area (Å²) in [4.78, 5) is 2.17. The van der Waals surface area contributed by atoms with Crippen LogP contribution in [-0.2, 0) is 4.74 Å². The molecule has 12 heavy (non-hydrogen) atoms. The van der Waals surface area contributed by atoms with E-state index in [-0.39, 0.29) is 18.2 Å². The molecule has 0 aromatic rings. The van der Waals surface area contributed by atoms with E-state index in [0.717, 1.165) is 13.1 Å². The van der Waals surface area contributed by atoms with E-state index in [9.17, 15) is 0 Å². The van der Waals surface area contributed by atoms with E-state index in [0.29, 0.717) is 0 Å². The highest BCUT2D eigenvalue weighted by atomic mass is 16.5. The van der Waals surface area contributed by atoms with Gasteiger partial charge in [0, 0.05) is 13.1 Å². The lowest BCUT2D eigenvalue weighted by molar-refractivity contribution is -0.0729. The van der Waals surface area contributed by atoms with E-state index in [1.807, 2.05) is 20.8 Å². The second-order valence-electron chi connectivity index (χ2n) is 3.52. The highest BCUT2D eigenvalue weighted by molar-refractivity contribution is 4.90. The minimum atomic E-state index is 0.0128. The van der Waals surface area contributed by atoms with Crippen LogP contribution < -0.4 is 0 Å². The molecular weight excluding hydrogens is 152 g/mol. The van der Waals surface area contributed by atoms with Crippen molar-refractivity contribution >= 4 is 0 Å². The largest absolute Gasteiger partial charge is 0.373 e. The average molecular weight is 168 g/mol. The SMILES string of the molecule is CC(C#N)N1C[C@@H](C)O[C@@H](C)C1. The van der Waals surface area contributed by atoms with Gasteiger partial charge in [0.15, 0.2) is 0 Å². The van der Waals surface area contributed by atoms with Crippen molar-refractivity contribution in [3.8, 4) is 6.07 Å². The van der Waals surface area contributed by atoms with E-state index in [1.165, 1.54) is 0 Å². The first-order chi connectivity index (χ1) is 5.63. The lowest BCUT2D eigenvalue weighted by Crippen LogP contribution is -2.48. The molecule has 3 atom stereocenters. The zero-order valence-electron chi connectivity index (χ0n) is 7.95. The molecule has 1 fully saturated rings. The lowest BCUT2D eigenvalue weighted by Gasteiger charge is -2.36. The third-order valence-electron chi connectivity index (χ3n) is 2.18. The summed E-state index contributed by atoms with van der Waals surface area (Å²) in [5.74, 6) is 0. The number of morpholine rings is 1. The maximum atomic E-state index is 8.73. The van der Waals surface area contributed by atoms with Gasteiger partial charge in [-0.15, -0.1) is 0 Å². The van der Waals surface area contributed by atoms with Gasteiger partial charge in [-0.3, -0.25) is 4.90 Å². The first kappa shape index (κ1) is 9.50. The molecule has 0 aliphatic carbocycles. The molecule has 1 heterocycles. The van der Waals surface area contributed by atoms with Crippen molar-refractivity contribution in [1.29, 1.82) is 5.26 Å². The van der Waals surface area contributed by atoms with E-state index in [4.69, 9.17) is 10.00 Å². The summed E-state index contributed by atoms with van der Waals surface area (Å²) in [6, 6.07) is 2.26. The Morgan fingerprint density at radius 2 is 1.92 bits per heavy atom. The molecule has 1 rings (SSSR count). The van der Waals surface area contributed by atoms with E-state index in [1.54, 1.807) is 0 Å². The molecule has 1 unspecified atom stereocenters. The van der Waals surface area contributed by atoms with Crippen LogP contribution in [0.3, 0.4) is 0 Å². The molecule has 0 bridgehead atoms. The Morgan fingerprint density at radius 1 is 1.42 bits per heavy atom. The monoisotopic (exact) mass is 168 g/mol. The molecule has 1 aliphatic heterocycles. The summed E-state index contributed by atoms with van der Waals surface area (Å²) in [6.07, 6.45) is 0.508. The van der Waals surface area contributed by atoms with E-state index < -0.39 is 0 Å². The van der Waals surface area contributed by atoms with Gasteiger partial charge >= 0.3 is 0 Å². The second kappa shape index (κ2) is 3.88. The van der Waals surface area contributed by atoms with Crippen molar-refractivity contribution in [2.45, 2.75) is 39.0 Å². The summed E-state index contributed by atoms with van der Waals surface area (Å²) < 4.78 is 5.56. The van der Waals surface area contributed by atoms with Crippen LogP contribution in [-0.4, -0.2) is 36.2 Å². The van der Waals surface area contributed by atoms with Crippen molar-refractivity contribution < 1.29 is 4.74 Å². The molecular formula is C9H16N2O. The zero-order chi connectivity index (χ0) is 9.14. The van der Waals surface area contributed by atoms with Gasteiger partial charge in [0.05, 0.1) is 24.3 Å². The van der Waals surface area contributed by atoms with E-state index >= 15 is 0 Å². The van der Waals surface area contributed by atoms with Gasteiger partial charge in [0.1, 0.15) is 0 Å². The molecule has 0 saturated carbocycles. The molecule has 1 aliphatic rings. The fraction of sp³-hybridized carbons (Fsp3) is 0.889. The summed E-state index contributed by atoms with van der Waals surface area (Å²) in [5.41, 5.74) is 0. The number of nitrogens with zero attached hydrogens (tertiary/aromatic N) is 2. The summed E-state index contributed by atoms with van der Waals surface area (Å²) in [7, 11) is 0. The van der Waals surface area contributed by atoms with Crippen molar-refractivity contribution in [1.82, 2.24) is 4.90 Å². The predicted molar refractivity (Wildman–Crippen MR) is 46.7 cm³/mol. The molecule has 0 N–H and O–H groups in total. The Labute approximate surface area is 73.9 Å². The molecule has 3 heteroatoms. The standard InChI is InChI=1S/C9H16N2O/c1-7(4-10)11-5-8(2)12-9(3)6-11/h7-9H,5-6H2,1-3H3/t7?,8-,9+. The number of hydrogen-bond donors (Lipinski definition) is 0. The summed E-state index contributed by atoms with van der Waals surface area (Å²) in [6.45, 7) is 7.78. The van der Waals surface area contributed by atoms with Crippen LogP contribution in [0, 0.1) is 11.3 Å². The highest BCUT2D eigenvalue weighted by Gasteiger charge is 2.25. The molecule has 0 radical (unpaired) electrons. The Morgan fingerprint density at radius 3 is 2.33 bits per heavy atom. The fourth-order valence-corrected chi connectivity index (χ4v) is 1.62. The minimum absolute atomic E-state index is 0.0128. The average Bonchev–Trinajstić information content (AvgIpc) is 2.01. The van der Waals surface area contributed by atoms with Crippen molar-refractivity contribution in [3.63, 3.8) is 0 Å². The van der Waals surface area contributed by atoms with Gasteiger partial charge in [0.25, 0.3) is 0 Å². The maximum absolute atomic E-state index is 8.73. The van der Waals surface area contributed by atoms with Crippen LogP contribution in [0.15, 0.2) is 0 Å². The molecule has 3 nitrogen and oxygen atoms in total. The normalized spacial score (nSPS) is 34.2. The number of nitriles is 1. The summed E-state index contributed by atoms with van der Waals surface area (Å²) in [5, 5.41) is 8.73. The Kier molecular flexibility index (Phi) is 3.07.